The van der Waals surface area contributed by atoms with Gasteiger partial charge < -0.3 is 10.5 Å². The van der Waals surface area contributed by atoms with Gasteiger partial charge in [-0.25, -0.2) is 0 Å². The zero-order valence-corrected chi connectivity index (χ0v) is 9.66. The first-order valence-electron chi connectivity index (χ1n) is 5.22. The van der Waals surface area contributed by atoms with Crippen LogP contribution in [0.25, 0.3) is 0 Å². The van der Waals surface area contributed by atoms with E-state index in [9.17, 15) is 0 Å². The summed E-state index contributed by atoms with van der Waals surface area (Å²) in [6.07, 6.45) is 2.05. The zero-order chi connectivity index (χ0) is 11.3. The van der Waals surface area contributed by atoms with Gasteiger partial charge in [-0.2, -0.15) is 0 Å². The van der Waals surface area contributed by atoms with Crippen molar-refractivity contribution in [1.29, 1.82) is 0 Å². The summed E-state index contributed by atoms with van der Waals surface area (Å²) in [4.78, 5) is 0. The number of para-hydroxylation sites is 1. The van der Waals surface area contributed by atoms with Crippen molar-refractivity contribution in [1.82, 2.24) is 0 Å². The zero-order valence-electron chi connectivity index (χ0n) is 9.66. The maximum Gasteiger partial charge on any atom is 0.124 e. The minimum atomic E-state index is 0.00732. The van der Waals surface area contributed by atoms with Crippen molar-refractivity contribution >= 4 is 0 Å². The van der Waals surface area contributed by atoms with Crippen LogP contribution in [-0.4, -0.2) is 6.61 Å². The predicted molar refractivity (Wildman–Crippen MR) is 64.0 cm³/mol. The number of ether oxygens (including phenoxy) is 1. The molecule has 1 rings (SSSR count). The second-order valence-electron chi connectivity index (χ2n) is 3.92. The van der Waals surface area contributed by atoms with E-state index in [2.05, 4.69) is 19.9 Å². The van der Waals surface area contributed by atoms with E-state index in [4.69, 9.17) is 10.5 Å². The lowest BCUT2D eigenvalue weighted by Crippen LogP contribution is -2.07. The second kappa shape index (κ2) is 5.56. The van der Waals surface area contributed by atoms with Crippen LogP contribution in [0.15, 0.2) is 35.9 Å². The third kappa shape index (κ3) is 3.76. The van der Waals surface area contributed by atoms with Crippen LogP contribution in [0, 0.1) is 0 Å². The van der Waals surface area contributed by atoms with E-state index in [0.29, 0.717) is 6.61 Å². The van der Waals surface area contributed by atoms with Gasteiger partial charge in [0.1, 0.15) is 12.4 Å². The number of benzene rings is 1. The van der Waals surface area contributed by atoms with Gasteiger partial charge in [-0.15, -0.1) is 0 Å². The molecule has 1 aromatic carbocycles. The quantitative estimate of drug-likeness (QED) is 0.767. The van der Waals surface area contributed by atoms with E-state index >= 15 is 0 Å². The molecular formula is C13H19NO. The first kappa shape index (κ1) is 11.8. The Labute approximate surface area is 91.7 Å². The molecule has 0 saturated heterocycles. The van der Waals surface area contributed by atoms with E-state index in [1.54, 1.807) is 0 Å². The van der Waals surface area contributed by atoms with Crippen molar-refractivity contribution in [2.45, 2.75) is 26.8 Å². The number of nitrogens with two attached hydrogens (primary N) is 1. The van der Waals surface area contributed by atoms with Crippen molar-refractivity contribution in [2.24, 2.45) is 5.73 Å². The van der Waals surface area contributed by atoms with Gasteiger partial charge in [0.2, 0.25) is 0 Å². The molecule has 2 heteroatoms. The molecular weight excluding hydrogens is 186 g/mol. The smallest absolute Gasteiger partial charge is 0.124 e. The standard InChI is InChI=1S/C13H19NO/c1-10(2)8-9-15-13-7-5-4-6-12(13)11(3)14/h4-8,11H,9,14H2,1-3H3/t11-/m1/s1. The Morgan fingerprint density at radius 3 is 2.67 bits per heavy atom. The Bertz CT molecular complexity index is 338. The van der Waals surface area contributed by atoms with E-state index in [-0.39, 0.29) is 6.04 Å². The van der Waals surface area contributed by atoms with Crippen LogP contribution in [0.3, 0.4) is 0 Å². The number of hydrogen-bond donors (Lipinski definition) is 1. The van der Waals surface area contributed by atoms with E-state index < -0.39 is 0 Å². The van der Waals surface area contributed by atoms with Crippen LogP contribution in [0.4, 0.5) is 0 Å². The van der Waals surface area contributed by atoms with E-state index in [1.807, 2.05) is 31.2 Å². The van der Waals surface area contributed by atoms with Crippen LogP contribution < -0.4 is 10.5 Å². The molecule has 0 amide bonds. The fourth-order valence-electron chi connectivity index (χ4n) is 1.29. The average molecular weight is 205 g/mol. The molecule has 0 heterocycles. The van der Waals surface area contributed by atoms with Crippen molar-refractivity contribution in [3.63, 3.8) is 0 Å². The molecule has 0 unspecified atom stereocenters. The third-order valence-corrected chi connectivity index (χ3v) is 2.14. The van der Waals surface area contributed by atoms with Crippen LogP contribution in [0.5, 0.6) is 5.75 Å². The molecule has 1 aromatic rings. The lowest BCUT2D eigenvalue weighted by Gasteiger charge is -2.12. The first-order chi connectivity index (χ1) is 7.11. The molecule has 0 bridgehead atoms. The summed E-state index contributed by atoms with van der Waals surface area (Å²) in [5, 5.41) is 0. The Balaban J connectivity index is 2.72. The summed E-state index contributed by atoms with van der Waals surface area (Å²) in [6, 6.07) is 7.91. The molecule has 0 aliphatic heterocycles. The Hall–Kier alpha value is -1.28. The molecule has 2 nitrogen and oxygen atoms in total. The Morgan fingerprint density at radius 2 is 2.07 bits per heavy atom. The summed E-state index contributed by atoms with van der Waals surface area (Å²) in [5.74, 6) is 0.880. The van der Waals surface area contributed by atoms with E-state index in [0.717, 1.165) is 11.3 Å². The Kier molecular flexibility index (Phi) is 4.37. The molecule has 0 saturated carbocycles. The monoisotopic (exact) mass is 205 g/mol. The second-order valence-corrected chi connectivity index (χ2v) is 3.92. The minimum Gasteiger partial charge on any atom is -0.489 e. The molecule has 0 aliphatic rings. The molecule has 2 N–H and O–H groups in total. The summed E-state index contributed by atoms with van der Waals surface area (Å²) in [7, 11) is 0. The SMILES string of the molecule is CC(C)=CCOc1ccccc1[C@@H](C)N. The topological polar surface area (TPSA) is 35.2 Å². The largest absolute Gasteiger partial charge is 0.489 e. The lowest BCUT2D eigenvalue weighted by atomic mass is 10.1. The maximum atomic E-state index is 5.85. The normalized spacial score (nSPS) is 12.0. The van der Waals surface area contributed by atoms with Crippen molar-refractivity contribution in [3.05, 3.63) is 41.5 Å². The summed E-state index contributed by atoms with van der Waals surface area (Å²) in [6.45, 7) is 6.68. The summed E-state index contributed by atoms with van der Waals surface area (Å²) in [5.41, 5.74) is 8.16. The van der Waals surface area contributed by atoms with Gasteiger partial charge >= 0.3 is 0 Å². The van der Waals surface area contributed by atoms with Crippen molar-refractivity contribution in [3.8, 4) is 5.75 Å². The minimum absolute atomic E-state index is 0.00732. The highest BCUT2D eigenvalue weighted by atomic mass is 16.5. The molecule has 0 fully saturated rings. The lowest BCUT2D eigenvalue weighted by molar-refractivity contribution is 0.356. The molecule has 0 spiro atoms. The molecule has 82 valence electrons. The molecule has 1 atom stereocenters. The fraction of sp³-hybridized carbons (Fsp3) is 0.385. The van der Waals surface area contributed by atoms with Crippen LogP contribution in [0.1, 0.15) is 32.4 Å². The molecule has 15 heavy (non-hydrogen) atoms. The molecule has 0 aromatic heterocycles. The summed E-state index contributed by atoms with van der Waals surface area (Å²) < 4.78 is 5.65. The van der Waals surface area contributed by atoms with Gasteiger partial charge in [0.05, 0.1) is 0 Å². The van der Waals surface area contributed by atoms with Crippen LogP contribution >= 0.6 is 0 Å². The van der Waals surface area contributed by atoms with Gasteiger partial charge in [0.25, 0.3) is 0 Å². The van der Waals surface area contributed by atoms with Gasteiger partial charge in [-0.1, -0.05) is 23.8 Å². The average Bonchev–Trinajstić information content (AvgIpc) is 2.17. The van der Waals surface area contributed by atoms with Crippen LogP contribution in [0.2, 0.25) is 0 Å². The van der Waals surface area contributed by atoms with Crippen molar-refractivity contribution in [2.75, 3.05) is 6.61 Å². The highest BCUT2D eigenvalue weighted by Crippen LogP contribution is 2.23. The van der Waals surface area contributed by atoms with Gasteiger partial charge in [0.15, 0.2) is 0 Å². The highest BCUT2D eigenvalue weighted by Gasteiger charge is 2.05. The number of hydrogen-bond acceptors (Lipinski definition) is 2. The predicted octanol–water partition coefficient (Wildman–Crippen LogP) is 3.05. The van der Waals surface area contributed by atoms with Gasteiger partial charge in [0, 0.05) is 11.6 Å². The molecule has 0 aliphatic carbocycles. The van der Waals surface area contributed by atoms with E-state index in [1.165, 1.54) is 5.57 Å². The van der Waals surface area contributed by atoms with Gasteiger partial charge in [-0.05, 0) is 32.9 Å². The number of rotatable bonds is 4. The molecule has 0 radical (unpaired) electrons. The number of allylic oxidation sites excluding steroid dienone is 1. The van der Waals surface area contributed by atoms with Crippen molar-refractivity contribution < 1.29 is 4.74 Å². The maximum absolute atomic E-state index is 5.85. The fourth-order valence-corrected chi connectivity index (χ4v) is 1.29. The Morgan fingerprint density at radius 1 is 1.40 bits per heavy atom. The third-order valence-electron chi connectivity index (χ3n) is 2.14. The van der Waals surface area contributed by atoms with Gasteiger partial charge in [-0.3, -0.25) is 0 Å². The summed E-state index contributed by atoms with van der Waals surface area (Å²) >= 11 is 0. The highest BCUT2D eigenvalue weighted by molar-refractivity contribution is 5.35. The first-order valence-corrected chi connectivity index (χ1v) is 5.22. The van der Waals surface area contributed by atoms with Crippen LogP contribution in [-0.2, 0) is 0 Å².